The zero-order chi connectivity index (χ0) is 21.8. The first-order valence-corrected chi connectivity index (χ1v) is 11.1. The molecule has 1 aromatic carbocycles. The first-order chi connectivity index (χ1) is 14.5. The van der Waals surface area contributed by atoms with Gasteiger partial charge in [0.2, 0.25) is 5.91 Å². The SMILES string of the molecule is CC(=O)N(C(=O)/C(C#N)=C\NC1CCCCCCCCCCC1)c1ccc(N)cc1. The molecule has 30 heavy (non-hydrogen) atoms. The van der Waals surface area contributed by atoms with Crippen molar-refractivity contribution in [3.63, 3.8) is 0 Å². The number of nitriles is 1. The van der Waals surface area contributed by atoms with E-state index >= 15 is 0 Å². The zero-order valence-electron chi connectivity index (χ0n) is 18.0. The van der Waals surface area contributed by atoms with Crippen molar-refractivity contribution in [2.75, 3.05) is 10.6 Å². The molecule has 0 saturated heterocycles. The van der Waals surface area contributed by atoms with Gasteiger partial charge in [-0.15, -0.1) is 0 Å². The second-order valence-electron chi connectivity index (χ2n) is 8.04. The van der Waals surface area contributed by atoms with E-state index in [1.807, 2.05) is 6.07 Å². The third kappa shape index (κ3) is 7.55. The summed E-state index contributed by atoms with van der Waals surface area (Å²) in [6.07, 6.45) is 14.8. The number of carbonyl (C=O) groups excluding carboxylic acids is 2. The number of imide groups is 1. The van der Waals surface area contributed by atoms with Gasteiger partial charge in [-0.05, 0) is 37.1 Å². The van der Waals surface area contributed by atoms with E-state index in [4.69, 9.17) is 5.73 Å². The van der Waals surface area contributed by atoms with Crippen molar-refractivity contribution in [3.8, 4) is 6.07 Å². The van der Waals surface area contributed by atoms with Crippen molar-refractivity contribution >= 4 is 23.2 Å². The normalized spacial score (nSPS) is 17.1. The number of nitrogens with two attached hydrogens (primary N) is 1. The quantitative estimate of drug-likeness (QED) is 0.421. The molecule has 0 aromatic heterocycles. The maximum Gasteiger partial charge on any atom is 0.277 e. The molecular formula is C24H34N4O2. The van der Waals surface area contributed by atoms with Gasteiger partial charge in [0.1, 0.15) is 11.6 Å². The fraction of sp³-hybridized carbons (Fsp3) is 0.542. The molecule has 0 heterocycles. The molecule has 1 aliphatic rings. The number of benzene rings is 1. The predicted molar refractivity (Wildman–Crippen MR) is 120 cm³/mol. The van der Waals surface area contributed by atoms with Crippen LogP contribution in [0.4, 0.5) is 11.4 Å². The van der Waals surface area contributed by atoms with E-state index < -0.39 is 11.8 Å². The van der Waals surface area contributed by atoms with E-state index in [-0.39, 0.29) is 11.6 Å². The number of nitrogen functional groups attached to an aromatic ring is 1. The van der Waals surface area contributed by atoms with Gasteiger partial charge < -0.3 is 11.1 Å². The number of rotatable bonds is 4. The number of nitrogens with one attached hydrogen (secondary N) is 1. The van der Waals surface area contributed by atoms with Crippen LogP contribution < -0.4 is 16.0 Å². The molecule has 6 nitrogen and oxygen atoms in total. The van der Waals surface area contributed by atoms with Crippen LogP contribution in [0.1, 0.15) is 77.6 Å². The highest BCUT2D eigenvalue weighted by Gasteiger charge is 2.24. The Kier molecular flexibility index (Phi) is 9.93. The van der Waals surface area contributed by atoms with Crippen molar-refractivity contribution in [2.24, 2.45) is 0 Å². The van der Waals surface area contributed by atoms with Crippen LogP contribution in [0.3, 0.4) is 0 Å². The first-order valence-electron chi connectivity index (χ1n) is 11.1. The summed E-state index contributed by atoms with van der Waals surface area (Å²) < 4.78 is 0. The summed E-state index contributed by atoms with van der Waals surface area (Å²) in [7, 11) is 0. The Morgan fingerprint density at radius 2 is 1.50 bits per heavy atom. The van der Waals surface area contributed by atoms with E-state index in [0.717, 1.165) is 30.6 Å². The summed E-state index contributed by atoms with van der Waals surface area (Å²) in [6.45, 7) is 1.31. The summed E-state index contributed by atoms with van der Waals surface area (Å²) in [6, 6.07) is 8.64. The lowest BCUT2D eigenvalue weighted by Gasteiger charge is -2.21. The van der Waals surface area contributed by atoms with Crippen molar-refractivity contribution in [1.82, 2.24) is 5.32 Å². The van der Waals surface area contributed by atoms with Gasteiger partial charge in [-0.2, -0.15) is 5.26 Å². The third-order valence-electron chi connectivity index (χ3n) is 5.59. The van der Waals surface area contributed by atoms with Crippen molar-refractivity contribution in [2.45, 2.75) is 83.6 Å². The summed E-state index contributed by atoms with van der Waals surface area (Å²) in [5.74, 6) is -1.08. The molecule has 0 bridgehead atoms. The maximum absolute atomic E-state index is 12.9. The van der Waals surface area contributed by atoms with Crippen LogP contribution in [0.5, 0.6) is 0 Å². The monoisotopic (exact) mass is 410 g/mol. The molecule has 1 aromatic rings. The zero-order valence-corrected chi connectivity index (χ0v) is 18.0. The molecule has 2 rings (SSSR count). The van der Waals surface area contributed by atoms with Crippen LogP contribution in [0, 0.1) is 11.3 Å². The van der Waals surface area contributed by atoms with Gasteiger partial charge in [-0.1, -0.05) is 57.8 Å². The number of hydrogen-bond donors (Lipinski definition) is 2. The number of hydrogen-bond acceptors (Lipinski definition) is 5. The summed E-state index contributed by atoms with van der Waals surface area (Å²) in [5, 5.41) is 12.9. The molecule has 162 valence electrons. The maximum atomic E-state index is 12.9. The average Bonchev–Trinajstić information content (AvgIpc) is 2.71. The van der Waals surface area contributed by atoms with Crippen LogP contribution in [0.2, 0.25) is 0 Å². The molecule has 0 atom stereocenters. The highest BCUT2D eigenvalue weighted by Crippen LogP contribution is 2.20. The fourth-order valence-corrected chi connectivity index (χ4v) is 3.86. The van der Waals surface area contributed by atoms with E-state index in [1.165, 1.54) is 58.1 Å². The second kappa shape index (κ2) is 12.7. The van der Waals surface area contributed by atoms with Gasteiger partial charge in [0.25, 0.3) is 5.91 Å². The van der Waals surface area contributed by atoms with Gasteiger partial charge in [-0.3, -0.25) is 9.59 Å². The van der Waals surface area contributed by atoms with Gasteiger partial charge in [0, 0.05) is 24.9 Å². The topological polar surface area (TPSA) is 99.2 Å². The fourth-order valence-electron chi connectivity index (χ4n) is 3.86. The largest absolute Gasteiger partial charge is 0.399 e. The first kappa shape index (κ1) is 23.5. The number of anilines is 2. The average molecular weight is 411 g/mol. The lowest BCUT2D eigenvalue weighted by Crippen LogP contribution is -2.37. The van der Waals surface area contributed by atoms with Crippen molar-refractivity contribution in [3.05, 3.63) is 36.0 Å². The molecule has 0 unspecified atom stereocenters. The van der Waals surface area contributed by atoms with Gasteiger partial charge in [0.15, 0.2) is 0 Å². The van der Waals surface area contributed by atoms with Crippen LogP contribution in [-0.2, 0) is 9.59 Å². The number of nitrogens with zero attached hydrogens (tertiary/aromatic N) is 2. The highest BCUT2D eigenvalue weighted by atomic mass is 16.2. The van der Waals surface area contributed by atoms with Crippen LogP contribution in [-0.4, -0.2) is 17.9 Å². The summed E-state index contributed by atoms with van der Waals surface area (Å²) >= 11 is 0. The molecule has 3 N–H and O–H groups in total. The third-order valence-corrected chi connectivity index (χ3v) is 5.59. The summed E-state index contributed by atoms with van der Waals surface area (Å²) in [4.78, 5) is 26.1. The summed E-state index contributed by atoms with van der Waals surface area (Å²) in [5.41, 5.74) is 6.55. The number of carbonyl (C=O) groups is 2. The van der Waals surface area contributed by atoms with Crippen LogP contribution in [0.25, 0.3) is 0 Å². The molecule has 0 spiro atoms. The second-order valence-corrected chi connectivity index (χ2v) is 8.04. The lowest BCUT2D eigenvalue weighted by molar-refractivity contribution is -0.123. The Bertz CT molecular complexity index is 752. The van der Waals surface area contributed by atoms with E-state index in [9.17, 15) is 14.9 Å². The molecule has 2 amide bonds. The molecule has 6 heteroatoms. The van der Waals surface area contributed by atoms with Crippen molar-refractivity contribution < 1.29 is 9.59 Å². The minimum Gasteiger partial charge on any atom is -0.399 e. The minimum atomic E-state index is -0.629. The highest BCUT2D eigenvalue weighted by molar-refractivity contribution is 6.21. The molecule has 0 radical (unpaired) electrons. The van der Waals surface area contributed by atoms with E-state index in [0.29, 0.717) is 11.4 Å². The Hall–Kier alpha value is -2.81. The molecule has 0 aliphatic heterocycles. The Labute approximate surface area is 180 Å². The lowest BCUT2D eigenvalue weighted by atomic mass is 9.98. The van der Waals surface area contributed by atoms with Gasteiger partial charge >= 0.3 is 0 Å². The van der Waals surface area contributed by atoms with Crippen molar-refractivity contribution in [1.29, 1.82) is 5.26 Å². The van der Waals surface area contributed by atoms with Gasteiger partial charge in [-0.25, -0.2) is 4.90 Å². The molecule has 1 aliphatic carbocycles. The Morgan fingerprint density at radius 3 is 1.97 bits per heavy atom. The predicted octanol–water partition coefficient (Wildman–Crippen LogP) is 4.82. The van der Waals surface area contributed by atoms with E-state index in [2.05, 4.69) is 5.32 Å². The van der Waals surface area contributed by atoms with Crippen LogP contribution in [0.15, 0.2) is 36.0 Å². The molecular weight excluding hydrogens is 376 g/mol. The molecule has 1 saturated carbocycles. The standard InChI is InChI=1S/C24H34N4O2/c1-19(29)28(23-15-13-21(26)14-16-23)24(30)20(17-25)18-27-22-11-9-7-5-3-2-4-6-8-10-12-22/h13-16,18,22,27H,2-12,26H2,1H3/b20-18-. The number of amides is 2. The molecule has 1 fully saturated rings. The smallest absolute Gasteiger partial charge is 0.277 e. The Balaban J connectivity index is 2.08. The Morgan fingerprint density at radius 1 is 1.00 bits per heavy atom. The van der Waals surface area contributed by atoms with Crippen LogP contribution >= 0.6 is 0 Å². The minimum absolute atomic E-state index is 0.0758. The van der Waals surface area contributed by atoms with Gasteiger partial charge in [0.05, 0.1) is 5.69 Å². The van der Waals surface area contributed by atoms with E-state index in [1.54, 1.807) is 24.3 Å².